The molecule has 0 radical (unpaired) electrons. The average molecular weight is 367 g/mol. The van der Waals surface area contributed by atoms with Crippen molar-refractivity contribution >= 4 is 22.7 Å². The number of hydrogen-bond acceptors (Lipinski definition) is 7. The fraction of sp³-hybridized carbons (Fsp3) is 0.421. The van der Waals surface area contributed by atoms with E-state index in [1.165, 1.54) is 12.8 Å². The number of nitrogens with zero attached hydrogens (tertiary/aromatic N) is 4. The number of nitrogen functional groups attached to an aromatic ring is 1. The van der Waals surface area contributed by atoms with Crippen molar-refractivity contribution in [3.63, 3.8) is 0 Å². The minimum Gasteiger partial charge on any atom is -0.383 e. The third-order valence-corrected chi connectivity index (χ3v) is 5.11. The number of anilines is 2. The number of likely N-dealkylation sites (tertiary alicyclic amines) is 1. The van der Waals surface area contributed by atoms with Crippen molar-refractivity contribution in [2.45, 2.75) is 18.9 Å². The zero-order valence-electron chi connectivity index (χ0n) is 15.5. The Labute approximate surface area is 158 Å². The van der Waals surface area contributed by atoms with Crippen LogP contribution in [0.25, 0.3) is 22.2 Å². The first-order chi connectivity index (χ1) is 13.2. The lowest BCUT2D eigenvalue weighted by Gasteiger charge is -2.24. The number of rotatable bonds is 7. The fourth-order valence-corrected chi connectivity index (χ4v) is 3.71. The summed E-state index contributed by atoms with van der Waals surface area (Å²) in [5, 5.41) is 11.4. The van der Waals surface area contributed by atoms with E-state index in [0.29, 0.717) is 6.04 Å². The number of H-pyrrole nitrogens is 1. The Kier molecular flexibility index (Phi) is 5.17. The predicted octanol–water partition coefficient (Wildman–Crippen LogP) is 2.12. The molecule has 142 valence electrons. The summed E-state index contributed by atoms with van der Waals surface area (Å²) in [6.07, 6.45) is 4.13. The maximum atomic E-state index is 5.96. The summed E-state index contributed by atoms with van der Waals surface area (Å²) in [6, 6.07) is 8.49. The summed E-state index contributed by atoms with van der Waals surface area (Å²) >= 11 is 0. The number of fused-ring (bicyclic) bond motifs is 1. The van der Waals surface area contributed by atoms with E-state index in [0.717, 1.165) is 54.2 Å². The number of ether oxygens (including phenoxy) is 1. The Hall–Kier alpha value is -2.71. The minimum absolute atomic E-state index is 0.273. The van der Waals surface area contributed by atoms with Crippen LogP contribution in [-0.4, -0.2) is 64.5 Å². The molecule has 8 heteroatoms. The van der Waals surface area contributed by atoms with Crippen LogP contribution in [0.2, 0.25) is 0 Å². The molecule has 1 fully saturated rings. The zero-order chi connectivity index (χ0) is 18.6. The van der Waals surface area contributed by atoms with E-state index in [4.69, 9.17) is 10.5 Å². The van der Waals surface area contributed by atoms with Crippen molar-refractivity contribution in [2.75, 3.05) is 44.4 Å². The largest absolute Gasteiger partial charge is 0.383 e. The second kappa shape index (κ2) is 7.89. The molecule has 0 bridgehead atoms. The van der Waals surface area contributed by atoms with Crippen molar-refractivity contribution in [1.82, 2.24) is 25.1 Å². The van der Waals surface area contributed by atoms with Gasteiger partial charge in [0, 0.05) is 43.4 Å². The Morgan fingerprint density at radius 2 is 2.26 bits per heavy atom. The van der Waals surface area contributed by atoms with Crippen LogP contribution in [0.4, 0.5) is 11.8 Å². The third kappa shape index (κ3) is 3.86. The third-order valence-electron chi connectivity index (χ3n) is 5.11. The second-order valence-electron chi connectivity index (χ2n) is 6.84. The van der Waals surface area contributed by atoms with Gasteiger partial charge in [0.1, 0.15) is 5.82 Å². The first-order valence-corrected chi connectivity index (χ1v) is 9.28. The highest BCUT2D eigenvalue weighted by atomic mass is 16.5. The molecular weight excluding hydrogens is 342 g/mol. The van der Waals surface area contributed by atoms with Gasteiger partial charge in [0.05, 0.1) is 17.8 Å². The van der Waals surface area contributed by atoms with Crippen LogP contribution in [-0.2, 0) is 4.74 Å². The highest BCUT2D eigenvalue weighted by Gasteiger charge is 2.24. The SMILES string of the molecule is COCCN1CCCC1CNc1nc(N)nc2cc(-c3ccn[nH]3)ccc12. The van der Waals surface area contributed by atoms with E-state index >= 15 is 0 Å². The van der Waals surface area contributed by atoms with Crippen molar-refractivity contribution < 1.29 is 4.74 Å². The van der Waals surface area contributed by atoms with Crippen LogP contribution >= 0.6 is 0 Å². The summed E-state index contributed by atoms with van der Waals surface area (Å²) in [5.74, 6) is 1.06. The van der Waals surface area contributed by atoms with Crippen LogP contribution in [0.15, 0.2) is 30.5 Å². The van der Waals surface area contributed by atoms with E-state index in [1.807, 2.05) is 24.3 Å². The van der Waals surface area contributed by atoms with Gasteiger partial charge in [-0.3, -0.25) is 10.00 Å². The number of nitrogens with two attached hydrogens (primary N) is 1. The molecule has 3 aromatic rings. The summed E-state index contributed by atoms with van der Waals surface area (Å²) in [6.45, 7) is 3.67. The summed E-state index contributed by atoms with van der Waals surface area (Å²) < 4.78 is 5.22. The summed E-state index contributed by atoms with van der Waals surface area (Å²) in [7, 11) is 1.75. The standard InChI is InChI=1S/C19H25N7O/c1-27-10-9-26-8-2-3-14(26)12-21-18-15-5-4-13(16-6-7-22-25-16)11-17(15)23-19(20)24-18/h4-7,11,14H,2-3,8-10,12H2,1H3,(H,22,25)(H3,20,21,23,24). The van der Waals surface area contributed by atoms with Gasteiger partial charge in [-0.25, -0.2) is 4.98 Å². The number of methoxy groups -OCH3 is 1. The Balaban J connectivity index is 1.54. The molecule has 8 nitrogen and oxygen atoms in total. The van der Waals surface area contributed by atoms with Gasteiger partial charge in [-0.15, -0.1) is 0 Å². The van der Waals surface area contributed by atoms with Crippen LogP contribution in [0.5, 0.6) is 0 Å². The second-order valence-corrected chi connectivity index (χ2v) is 6.84. The van der Waals surface area contributed by atoms with Crippen LogP contribution in [0, 0.1) is 0 Å². The fourth-order valence-electron chi connectivity index (χ4n) is 3.71. The first kappa shape index (κ1) is 17.7. The maximum absolute atomic E-state index is 5.96. The molecule has 0 aliphatic carbocycles. The molecule has 3 heterocycles. The van der Waals surface area contributed by atoms with Gasteiger partial charge in [0.25, 0.3) is 0 Å². The Bertz CT molecular complexity index is 896. The molecule has 1 aliphatic heterocycles. The van der Waals surface area contributed by atoms with Gasteiger partial charge in [-0.1, -0.05) is 6.07 Å². The van der Waals surface area contributed by atoms with Gasteiger partial charge in [0.2, 0.25) is 5.95 Å². The molecule has 4 rings (SSSR count). The number of hydrogen-bond donors (Lipinski definition) is 3. The number of benzene rings is 1. The highest BCUT2D eigenvalue weighted by Crippen LogP contribution is 2.27. The van der Waals surface area contributed by atoms with Gasteiger partial charge >= 0.3 is 0 Å². The summed E-state index contributed by atoms with van der Waals surface area (Å²) in [5.41, 5.74) is 8.75. The van der Waals surface area contributed by atoms with Gasteiger partial charge in [-0.05, 0) is 37.6 Å². The van der Waals surface area contributed by atoms with E-state index in [9.17, 15) is 0 Å². The van der Waals surface area contributed by atoms with Crippen molar-refractivity contribution in [3.05, 3.63) is 30.5 Å². The van der Waals surface area contributed by atoms with E-state index in [1.54, 1.807) is 13.3 Å². The lowest BCUT2D eigenvalue weighted by Crippen LogP contribution is -2.37. The molecule has 0 saturated carbocycles. The molecule has 2 aromatic heterocycles. The van der Waals surface area contributed by atoms with Gasteiger partial charge < -0.3 is 15.8 Å². The van der Waals surface area contributed by atoms with Crippen molar-refractivity contribution in [3.8, 4) is 11.3 Å². The lowest BCUT2D eigenvalue weighted by atomic mass is 10.1. The molecular formula is C19H25N7O. The number of aromatic nitrogens is 4. The molecule has 1 aliphatic rings. The molecule has 0 amide bonds. The van der Waals surface area contributed by atoms with Crippen molar-refractivity contribution in [2.24, 2.45) is 0 Å². The first-order valence-electron chi connectivity index (χ1n) is 9.28. The predicted molar refractivity (Wildman–Crippen MR) is 106 cm³/mol. The normalized spacial score (nSPS) is 17.6. The molecule has 1 aromatic carbocycles. The van der Waals surface area contributed by atoms with E-state index < -0.39 is 0 Å². The van der Waals surface area contributed by atoms with E-state index in [2.05, 4.69) is 30.4 Å². The summed E-state index contributed by atoms with van der Waals surface area (Å²) in [4.78, 5) is 11.3. The zero-order valence-corrected chi connectivity index (χ0v) is 15.5. The lowest BCUT2D eigenvalue weighted by molar-refractivity contribution is 0.143. The smallest absolute Gasteiger partial charge is 0.222 e. The molecule has 1 unspecified atom stereocenters. The molecule has 27 heavy (non-hydrogen) atoms. The monoisotopic (exact) mass is 367 g/mol. The molecule has 1 saturated heterocycles. The van der Waals surface area contributed by atoms with Crippen molar-refractivity contribution in [1.29, 1.82) is 0 Å². The maximum Gasteiger partial charge on any atom is 0.222 e. The van der Waals surface area contributed by atoms with Crippen LogP contribution in [0.1, 0.15) is 12.8 Å². The minimum atomic E-state index is 0.273. The van der Waals surface area contributed by atoms with Gasteiger partial charge in [0.15, 0.2) is 0 Å². The van der Waals surface area contributed by atoms with Crippen LogP contribution < -0.4 is 11.1 Å². The number of nitrogens with one attached hydrogen (secondary N) is 2. The molecule has 4 N–H and O–H groups in total. The Morgan fingerprint density at radius 3 is 3.07 bits per heavy atom. The van der Waals surface area contributed by atoms with E-state index in [-0.39, 0.29) is 5.95 Å². The van der Waals surface area contributed by atoms with Crippen LogP contribution in [0.3, 0.4) is 0 Å². The quantitative estimate of drug-likeness (QED) is 0.587. The average Bonchev–Trinajstić information content (AvgIpc) is 3.35. The highest BCUT2D eigenvalue weighted by molar-refractivity contribution is 5.92. The molecule has 0 spiro atoms. The topological polar surface area (TPSA) is 105 Å². The van der Waals surface area contributed by atoms with Gasteiger partial charge in [-0.2, -0.15) is 10.1 Å². The number of aromatic amines is 1. The molecule has 1 atom stereocenters. The Morgan fingerprint density at radius 1 is 1.33 bits per heavy atom.